The number of nitrogens with zero attached hydrogens (tertiary/aromatic N) is 1. The molecule has 0 spiro atoms. The van der Waals surface area contributed by atoms with E-state index in [4.69, 9.17) is 22.1 Å². The first-order valence-corrected chi connectivity index (χ1v) is 4.96. The van der Waals surface area contributed by atoms with Crippen LogP contribution in [0.3, 0.4) is 0 Å². The number of hydrogen-bond donors (Lipinski definition) is 1. The normalized spacial score (nSPS) is 9.62. The van der Waals surface area contributed by atoms with E-state index in [0.29, 0.717) is 10.7 Å². The lowest BCUT2D eigenvalue weighted by Gasteiger charge is -2.17. The summed E-state index contributed by atoms with van der Waals surface area (Å²) in [5.41, 5.74) is 5.41. The highest BCUT2D eigenvalue weighted by atomic mass is 35.5. The molecule has 16 heavy (non-hydrogen) atoms. The average molecular weight is 243 g/mol. The number of rotatable bonds is 2. The highest BCUT2D eigenvalue weighted by Gasteiger charge is 2.21. The third-order valence-corrected chi connectivity index (χ3v) is 2.01. The number of hydrogen-bond acceptors (Lipinski definition) is 3. The first-order chi connectivity index (χ1) is 7.56. The zero-order valence-corrected chi connectivity index (χ0v) is 9.40. The summed E-state index contributed by atoms with van der Waals surface area (Å²) in [6.45, 7) is 1.80. The minimum atomic E-state index is -0.902. The maximum atomic E-state index is 11.4. The molecule has 0 saturated heterocycles. The average Bonchev–Trinajstić information content (AvgIpc) is 2.21. The van der Waals surface area contributed by atoms with Crippen LogP contribution in [0.1, 0.15) is 6.92 Å². The monoisotopic (exact) mass is 242 g/mol. The third kappa shape index (κ3) is 2.87. The predicted molar refractivity (Wildman–Crippen MR) is 60.5 cm³/mol. The summed E-state index contributed by atoms with van der Waals surface area (Å²) in [4.78, 5) is 23.3. The van der Waals surface area contributed by atoms with Gasteiger partial charge in [-0.2, -0.15) is 4.90 Å². The van der Waals surface area contributed by atoms with E-state index < -0.39 is 12.1 Å². The van der Waals surface area contributed by atoms with Crippen molar-refractivity contribution in [2.45, 2.75) is 6.92 Å². The third-order valence-electron chi connectivity index (χ3n) is 1.76. The van der Waals surface area contributed by atoms with Crippen molar-refractivity contribution in [3.05, 3.63) is 29.3 Å². The topological polar surface area (TPSA) is 72.6 Å². The fraction of sp³-hybridized carbons (Fsp3) is 0.200. The molecule has 5 nitrogen and oxygen atoms in total. The molecule has 86 valence electrons. The molecule has 0 aliphatic carbocycles. The maximum absolute atomic E-state index is 11.4. The molecule has 0 saturated carbocycles. The molecule has 0 aliphatic rings. The van der Waals surface area contributed by atoms with E-state index in [1.165, 1.54) is 12.1 Å². The minimum Gasteiger partial charge on any atom is -0.449 e. The largest absolute Gasteiger partial charge is 0.449 e. The Morgan fingerprint density at radius 2 is 1.94 bits per heavy atom. The number of carbonyl (C=O) groups excluding carboxylic acids is 2. The van der Waals surface area contributed by atoms with Crippen molar-refractivity contribution in [1.29, 1.82) is 0 Å². The van der Waals surface area contributed by atoms with Crippen molar-refractivity contribution < 1.29 is 14.3 Å². The predicted octanol–water partition coefficient (Wildman–Crippen LogP) is 2.38. The van der Waals surface area contributed by atoms with E-state index in [1.807, 2.05) is 0 Å². The second-order valence-electron chi connectivity index (χ2n) is 2.85. The molecule has 3 amide bonds. The van der Waals surface area contributed by atoms with Gasteiger partial charge in [-0.05, 0) is 31.2 Å². The molecule has 1 rings (SSSR count). The fourth-order valence-corrected chi connectivity index (χ4v) is 1.23. The number of amides is 3. The zero-order valence-electron chi connectivity index (χ0n) is 8.64. The van der Waals surface area contributed by atoms with Gasteiger partial charge < -0.3 is 10.5 Å². The van der Waals surface area contributed by atoms with Crippen molar-refractivity contribution >= 4 is 29.4 Å². The fourth-order valence-electron chi connectivity index (χ4n) is 1.10. The van der Waals surface area contributed by atoms with Crippen LogP contribution in [0.4, 0.5) is 15.3 Å². The number of urea groups is 1. The molecule has 0 fully saturated rings. The number of carbonyl (C=O) groups is 2. The molecular weight excluding hydrogens is 232 g/mol. The van der Waals surface area contributed by atoms with Crippen LogP contribution >= 0.6 is 11.6 Å². The lowest BCUT2D eigenvalue weighted by atomic mass is 10.3. The lowest BCUT2D eigenvalue weighted by molar-refractivity contribution is 0.160. The quantitative estimate of drug-likeness (QED) is 0.865. The summed E-state index contributed by atoms with van der Waals surface area (Å²) in [6.07, 6.45) is -0.808. The zero-order chi connectivity index (χ0) is 12.1. The number of nitrogens with two attached hydrogens (primary N) is 1. The van der Waals surface area contributed by atoms with Crippen molar-refractivity contribution in [3.8, 4) is 0 Å². The molecule has 6 heteroatoms. The summed E-state index contributed by atoms with van der Waals surface area (Å²) in [6, 6.07) is 5.20. The summed E-state index contributed by atoms with van der Waals surface area (Å²) in [7, 11) is 0. The highest BCUT2D eigenvalue weighted by Crippen LogP contribution is 2.18. The number of halogens is 1. The van der Waals surface area contributed by atoms with Crippen molar-refractivity contribution in [2.75, 3.05) is 11.5 Å². The van der Waals surface area contributed by atoms with E-state index >= 15 is 0 Å². The van der Waals surface area contributed by atoms with Gasteiger partial charge in [0.15, 0.2) is 0 Å². The summed E-state index contributed by atoms with van der Waals surface area (Å²) in [5, 5.41) is 0.497. The van der Waals surface area contributed by atoms with Crippen LogP contribution in [0.2, 0.25) is 5.02 Å². The van der Waals surface area contributed by atoms with Gasteiger partial charge in [0.2, 0.25) is 0 Å². The van der Waals surface area contributed by atoms with Crippen LogP contribution in [0.25, 0.3) is 0 Å². The van der Waals surface area contributed by atoms with Gasteiger partial charge in [-0.15, -0.1) is 0 Å². The van der Waals surface area contributed by atoms with Crippen molar-refractivity contribution in [2.24, 2.45) is 5.73 Å². The van der Waals surface area contributed by atoms with Gasteiger partial charge >= 0.3 is 12.1 Å². The lowest BCUT2D eigenvalue weighted by Crippen LogP contribution is -2.41. The second-order valence-corrected chi connectivity index (χ2v) is 3.29. The molecule has 0 aromatic heterocycles. The first kappa shape index (κ1) is 12.3. The van der Waals surface area contributed by atoms with E-state index in [2.05, 4.69) is 0 Å². The summed E-state index contributed by atoms with van der Waals surface area (Å²) >= 11 is 5.69. The molecule has 0 bridgehead atoms. The standard InChI is InChI=1S/C10H11ClN2O3/c1-2-16-10(15)13(9(12)14)8-5-3-7(11)4-6-8/h3-6H,2H2,1H3,(H2,12,14). The number of ether oxygens (including phenoxy) is 1. The van der Waals surface area contributed by atoms with Gasteiger partial charge in [-0.25, -0.2) is 9.59 Å². The van der Waals surface area contributed by atoms with E-state index in [-0.39, 0.29) is 6.61 Å². The van der Waals surface area contributed by atoms with Crippen LogP contribution in [-0.2, 0) is 4.74 Å². The molecular formula is C10H11ClN2O3. The van der Waals surface area contributed by atoms with Gasteiger partial charge in [-0.3, -0.25) is 0 Å². The van der Waals surface area contributed by atoms with E-state index in [9.17, 15) is 9.59 Å². The van der Waals surface area contributed by atoms with Crippen molar-refractivity contribution in [1.82, 2.24) is 0 Å². The van der Waals surface area contributed by atoms with Gasteiger partial charge in [0.05, 0.1) is 12.3 Å². The number of benzene rings is 1. The minimum absolute atomic E-state index is 0.163. The van der Waals surface area contributed by atoms with Gasteiger partial charge in [0.25, 0.3) is 0 Å². The Morgan fingerprint density at radius 3 is 2.38 bits per heavy atom. The number of anilines is 1. The Morgan fingerprint density at radius 1 is 1.38 bits per heavy atom. The first-order valence-electron chi connectivity index (χ1n) is 4.58. The Balaban J connectivity index is 2.98. The molecule has 0 aliphatic heterocycles. The molecule has 1 aromatic carbocycles. The molecule has 0 unspecified atom stereocenters. The molecule has 0 radical (unpaired) electrons. The van der Waals surface area contributed by atoms with E-state index in [1.54, 1.807) is 19.1 Å². The van der Waals surface area contributed by atoms with Crippen LogP contribution in [0.5, 0.6) is 0 Å². The van der Waals surface area contributed by atoms with Gasteiger partial charge in [0, 0.05) is 5.02 Å². The smallest absolute Gasteiger partial charge is 0.422 e. The molecule has 1 aromatic rings. The van der Waals surface area contributed by atoms with Crippen LogP contribution in [-0.4, -0.2) is 18.7 Å². The van der Waals surface area contributed by atoms with Crippen LogP contribution < -0.4 is 10.6 Å². The van der Waals surface area contributed by atoms with Crippen LogP contribution in [0.15, 0.2) is 24.3 Å². The van der Waals surface area contributed by atoms with Gasteiger partial charge in [0.1, 0.15) is 0 Å². The molecule has 0 atom stereocenters. The maximum Gasteiger partial charge on any atom is 0.422 e. The Labute approximate surface area is 97.7 Å². The summed E-state index contributed by atoms with van der Waals surface area (Å²) < 4.78 is 4.70. The Hall–Kier alpha value is -1.75. The van der Waals surface area contributed by atoms with Crippen LogP contribution in [0, 0.1) is 0 Å². The summed E-state index contributed by atoms with van der Waals surface area (Å²) in [5.74, 6) is 0. The molecule has 2 N–H and O–H groups in total. The SMILES string of the molecule is CCOC(=O)N(C(N)=O)c1ccc(Cl)cc1. The number of imide groups is 1. The Kier molecular flexibility index (Phi) is 4.13. The highest BCUT2D eigenvalue weighted by molar-refractivity contribution is 6.30. The molecule has 0 heterocycles. The van der Waals surface area contributed by atoms with E-state index in [0.717, 1.165) is 4.90 Å². The number of primary amides is 1. The van der Waals surface area contributed by atoms with Gasteiger partial charge in [-0.1, -0.05) is 11.6 Å². The Bertz CT molecular complexity index is 392. The van der Waals surface area contributed by atoms with Crippen molar-refractivity contribution in [3.63, 3.8) is 0 Å². The second kappa shape index (κ2) is 5.37.